The third kappa shape index (κ3) is 4.63. The largest absolute Gasteiger partial charge is 0.497 e. The summed E-state index contributed by atoms with van der Waals surface area (Å²) in [5, 5.41) is 0.559. The molecule has 0 N–H and O–H groups in total. The molecular weight excluding hydrogens is 336 g/mol. The lowest BCUT2D eigenvalue weighted by atomic mass is 10.2. The Bertz CT molecular complexity index is 726. The average molecular weight is 351 g/mol. The number of benzene rings is 2. The molecule has 0 unspecified atom stereocenters. The van der Waals surface area contributed by atoms with Gasteiger partial charge in [0.15, 0.2) is 6.61 Å². The molecule has 0 aliphatic rings. The topological polar surface area (TPSA) is 71.1 Å². The van der Waals surface area contributed by atoms with Crippen molar-refractivity contribution < 1.29 is 28.5 Å². The Morgan fingerprint density at radius 1 is 1.00 bits per heavy atom. The van der Waals surface area contributed by atoms with E-state index in [4.69, 9.17) is 25.8 Å². The number of carbonyl (C=O) groups is 2. The lowest BCUT2D eigenvalue weighted by Crippen LogP contribution is -2.19. The second-order valence-corrected chi connectivity index (χ2v) is 5.01. The maximum absolute atomic E-state index is 11.9. The molecule has 0 atom stereocenters. The number of hydrogen-bond donors (Lipinski definition) is 0. The minimum absolute atomic E-state index is 0.0332. The van der Waals surface area contributed by atoms with Crippen molar-refractivity contribution >= 4 is 23.5 Å². The quantitative estimate of drug-likeness (QED) is 0.589. The molecule has 0 amide bonds. The van der Waals surface area contributed by atoms with Gasteiger partial charge in [-0.2, -0.15) is 0 Å². The van der Waals surface area contributed by atoms with Crippen LogP contribution in [0.4, 0.5) is 0 Å². The number of hydrogen-bond acceptors (Lipinski definition) is 6. The second kappa shape index (κ2) is 8.21. The first-order chi connectivity index (χ1) is 11.5. The molecule has 0 spiro atoms. The van der Waals surface area contributed by atoms with Crippen LogP contribution in [0.3, 0.4) is 0 Å². The van der Waals surface area contributed by atoms with E-state index in [1.165, 1.54) is 26.4 Å². The fourth-order valence-corrected chi connectivity index (χ4v) is 1.94. The molecule has 126 valence electrons. The summed E-state index contributed by atoms with van der Waals surface area (Å²) in [5.74, 6) is -0.368. The van der Waals surface area contributed by atoms with Crippen molar-refractivity contribution in [1.29, 1.82) is 0 Å². The Hall–Kier alpha value is -2.73. The molecule has 0 radical (unpaired) electrons. The van der Waals surface area contributed by atoms with Crippen LogP contribution in [0.25, 0.3) is 0 Å². The fraction of sp³-hybridized carbons (Fsp3) is 0.176. The molecule has 2 aromatic rings. The SMILES string of the molecule is COC(=O)c1ccc(OC)cc1OC(=O)COc1ccc(Cl)cc1. The van der Waals surface area contributed by atoms with Gasteiger partial charge in [-0.15, -0.1) is 0 Å². The van der Waals surface area contributed by atoms with Crippen molar-refractivity contribution in [2.45, 2.75) is 0 Å². The Morgan fingerprint density at radius 2 is 1.67 bits per heavy atom. The highest BCUT2D eigenvalue weighted by atomic mass is 35.5. The van der Waals surface area contributed by atoms with Crippen molar-refractivity contribution in [1.82, 2.24) is 0 Å². The van der Waals surface area contributed by atoms with Crippen LogP contribution >= 0.6 is 11.6 Å². The van der Waals surface area contributed by atoms with E-state index in [9.17, 15) is 9.59 Å². The maximum Gasteiger partial charge on any atom is 0.349 e. The molecule has 6 nitrogen and oxygen atoms in total. The third-order valence-electron chi connectivity index (χ3n) is 2.99. The predicted molar refractivity (Wildman–Crippen MR) is 86.9 cm³/mol. The molecule has 24 heavy (non-hydrogen) atoms. The van der Waals surface area contributed by atoms with E-state index in [1.54, 1.807) is 30.3 Å². The predicted octanol–water partition coefficient (Wildman–Crippen LogP) is 3.12. The van der Waals surface area contributed by atoms with Crippen molar-refractivity contribution in [2.24, 2.45) is 0 Å². The molecule has 0 aromatic heterocycles. The number of carbonyl (C=O) groups excluding carboxylic acids is 2. The van der Waals surface area contributed by atoms with Crippen molar-refractivity contribution in [3.8, 4) is 17.2 Å². The van der Waals surface area contributed by atoms with Gasteiger partial charge in [0, 0.05) is 11.1 Å². The van der Waals surface area contributed by atoms with Crippen LogP contribution in [0.15, 0.2) is 42.5 Å². The zero-order valence-electron chi connectivity index (χ0n) is 13.1. The van der Waals surface area contributed by atoms with Crippen LogP contribution < -0.4 is 14.2 Å². The molecular formula is C17H15ClO6. The van der Waals surface area contributed by atoms with Crippen LogP contribution in [0.1, 0.15) is 10.4 Å². The normalized spacial score (nSPS) is 9.96. The number of rotatable bonds is 6. The number of esters is 2. The van der Waals surface area contributed by atoms with Crippen LogP contribution in [0.5, 0.6) is 17.2 Å². The van der Waals surface area contributed by atoms with Crippen molar-refractivity contribution in [3.63, 3.8) is 0 Å². The summed E-state index contributed by atoms with van der Waals surface area (Å²) < 4.78 is 20.2. The standard InChI is InChI=1S/C17H15ClO6/c1-21-13-7-8-14(17(20)22-2)15(9-13)24-16(19)10-23-12-5-3-11(18)4-6-12/h3-9H,10H2,1-2H3. The third-order valence-corrected chi connectivity index (χ3v) is 3.24. The van der Waals surface area contributed by atoms with E-state index < -0.39 is 11.9 Å². The molecule has 0 heterocycles. The maximum atomic E-state index is 11.9. The summed E-state index contributed by atoms with van der Waals surface area (Å²) in [6.07, 6.45) is 0. The summed E-state index contributed by atoms with van der Waals surface area (Å²) in [6.45, 7) is -0.334. The monoisotopic (exact) mass is 350 g/mol. The van der Waals surface area contributed by atoms with Crippen molar-refractivity contribution in [3.05, 3.63) is 53.1 Å². The molecule has 0 fully saturated rings. The van der Waals surface area contributed by atoms with Crippen LogP contribution in [-0.4, -0.2) is 32.8 Å². The smallest absolute Gasteiger partial charge is 0.349 e. The molecule has 2 rings (SSSR count). The zero-order valence-corrected chi connectivity index (χ0v) is 13.8. The lowest BCUT2D eigenvalue weighted by molar-refractivity contribution is -0.136. The van der Waals surface area contributed by atoms with Gasteiger partial charge in [-0.05, 0) is 36.4 Å². The minimum atomic E-state index is -0.677. The van der Waals surface area contributed by atoms with Gasteiger partial charge in [0.2, 0.25) is 0 Å². The number of methoxy groups -OCH3 is 2. The van der Waals surface area contributed by atoms with E-state index in [0.29, 0.717) is 16.5 Å². The Morgan fingerprint density at radius 3 is 2.29 bits per heavy atom. The van der Waals surface area contributed by atoms with Gasteiger partial charge in [-0.3, -0.25) is 0 Å². The van der Waals surface area contributed by atoms with Gasteiger partial charge in [0.05, 0.1) is 14.2 Å². The minimum Gasteiger partial charge on any atom is -0.497 e. The Kier molecular flexibility index (Phi) is 6.03. The summed E-state index contributed by atoms with van der Waals surface area (Å²) in [6, 6.07) is 11.0. The Balaban J connectivity index is 2.06. The summed E-state index contributed by atoms with van der Waals surface area (Å²) in [4.78, 5) is 23.7. The summed E-state index contributed by atoms with van der Waals surface area (Å²) in [5.41, 5.74) is 0.109. The highest BCUT2D eigenvalue weighted by molar-refractivity contribution is 6.30. The zero-order chi connectivity index (χ0) is 17.5. The highest BCUT2D eigenvalue weighted by Gasteiger charge is 2.17. The number of ether oxygens (including phenoxy) is 4. The van der Waals surface area contributed by atoms with Gasteiger partial charge >= 0.3 is 11.9 Å². The van der Waals surface area contributed by atoms with E-state index in [1.807, 2.05) is 0 Å². The van der Waals surface area contributed by atoms with Gasteiger partial charge in [-0.1, -0.05) is 11.6 Å². The molecule has 7 heteroatoms. The molecule has 0 saturated heterocycles. The first-order valence-electron chi connectivity index (χ1n) is 6.89. The molecule has 0 bridgehead atoms. The van der Waals surface area contributed by atoms with Crippen molar-refractivity contribution in [2.75, 3.05) is 20.8 Å². The summed E-state index contributed by atoms with van der Waals surface area (Å²) >= 11 is 5.77. The van der Waals surface area contributed by atoms with Gasteiger partial charge in [-0.25, -0.2) is 9.59 Å². The number of halogens is 1. The van der Waals surface area contributed by atoms with Gasteiger partial charge < -0.3 is 18.9 Å². The fourth-order valence-electron chi connectivity index (χ4n) is 1.82. The van der Waals surface area contributed by atoms with Gasteiger partial charge in [0.1, 0.15) is 22.8 Å². The molecule has 0 saturated carbocycles. The molecule has 0 aliphatic heterocycles. The summed E-state index contributed by atoms with van der Waals surface area (Å²) in [7, 11) is 2.70. The van der Waals surface area contributed by atoms with E-state index in [0.717, 1.165) is 0 Å². The first kappa shape index (κ1) is 17.6. The Labute approximate surface area is 143 Å². The van der Waals surface area contributed by atoms with Crippen LogP contribution in [0, 0.1) is 0 Å². The molecule has 0 aliphatic carbocycles. The first-order valence-corrected chi connectivity index (χ1v) is 7.26. The molecule has 2 aromatic carbocycles. The average Bonchev–Trinajstić information content (AvgIpc) is 2.60. The van der Waals surface area contributed by atoms with Crippen LogP contribution in [0.2, 0.25) is 5.02 Å². The van der Waals surface area contributed by atoms with E-state index in [2.05, 4.69) is 4.74 Å². The second-order valence-electron chi connectivity index (χ2n) is 4.57. The van der Waals surface area contributed by atoms with E-state index >= 15 is 0 Å². The van der Waals surface area contributed by atoms with Gasteiger partial charge in [0.25, 0.3) is 0 Å². The lowest BCUT2D eigenvalue weighted by Gasteiger charge is -2.11. The highest BCUT2D eigenvalue weighted by Crippen LogP contribution is 2.26. The van der Waals surface area contributed by atoms with E-state index in [-0.39, 0.29) is 17.9 Å². The van der Waals surface area contributed by atoms with Crippen LogP contribution in [-0.2, 0) is 9.53 Å².